The van der Waals surface area contributed by atoms with Gasteiger partial charge in [-0.1, -0.05) is 37.7 Å². The molecule has 0 radical (unpaired) electrons. The van der Waals surface area contributed by atoms with Crippen LogP contribution in [0.2, 0.25) is 0 Å². The van der Waals surface area contributed by atoms with Crippen LogP contribution >= 0.6 is 11.8 Å². The Bertz CT molecular complexity index is 565. The first-order valence-electron chi connectivity index (χ1n) is 5.89. The minimum Gasteiger partial charge on any atom is -0.476 e. The van der Waals surface area contributed by atoms with Gasteiger partial charge >= 0.3 is 5.97 Å². The van der Waals surface area contributed by atoms with Crippen molar-refractivity contribution in [2.75, 3.05) is 0 Å². The number of carbonyl (C=O) groups is 1. The molecule has 0 unspecified atom stereocenters. The van der Waals surface area contributed by atoms with Gasteiger partial charge in [0.05, 0.1) is 12.4 Å². The van der Waals surface area contributed by atoms with Gasteiger partial charge in [-0.3, -0.25) is 0 Å². The third-order valence-corrected chi connectivity index (χ3v) is 3.54. The molecule has 0 aliphatic carbocycles. The number of rotatable bonds is 4. The summed E-state index contributed by atoms with van der Waals surface area (Å²) in [6.45, 7) is 4.30. The number of nitrogens with zero attached hydrogens (tertiary/aromatic N) is 2. The van der Waals surface area contributed by atoms with E-state index < -0.39 is 5.97 Å². The Morgan fingerprint density at radius 1 is 1.16 bits per heavy atom. The molecule has 1 heterocycles. The van der Waals surface area contributed by atoms with Crippen molar-refractivity contribution in [1.29, 1.82) is 0 Å². The highest BCUT2D eigenvalue weighted by Crippen LogP contribution is 2.26. The highest BCUT2D eigenvalue weighted by Gasteiger charge is 2.06. The zero-order valence-electron chi connectivity index (χ0n) is 10.7. The van der Waals surface area contributed by atoms with Gasteiger partial charge in [0.15, 0.2) is 5.69 Å². The van der Waals surface area contributed by atoms with Gasteiger partial charge in [0.25, 0.3) is 0 Å². The molecule has 0 atom stereocenters. The fraction of sp³-hybridized carbons (Fsp3) is 0.214. The molecule has 1 aromatic heterocycles. The Morgan fingerprint density at radius 3 is 2.32 bits per heavy atom. The summed E-state index contributed by atoms with van der Waals surface area (Å²) < 4.78 is 0. The number of aromatic carboxylic acids is 1. The number of carboxylic acids is 1. The summed E-state index contributed by atoms with van der Waals surface area (Å²) in [6.07, 6.45) is 2.75. The topological polar surface area (TPSA) is 63.1 Å². The number of aromatic nitrogens is 2. The van der Waals surface area contributed by atoms with Gasteiger partial charge in [0, 0.05) is 4.90 Å². The van der Waals surface area contributed by atoms with Gasteiger partial charge in [0.1, 0.15) is 5.03 Å². The SMILES string of the molecule is CC(C)c1ccc(Sc2cnc(C(=O)O)cn2)cc1. The molecule has 0 aliphatic heterocycles. The predicted molar refractivity (Wildman–Crippen MR) is 73.6 cm³/mol. The minimum atomic E-state index is -1.06. The maximum absolute atomic E-state index is 10.7. The monoisotopic (exact) mass is 274 g/mol. The van der Waals surface area contributed by atoms with E-state index in [0.29, 0.717) is 10.9 Å². The van der Waals surface area contributed by atoms with Crippen molar-refractivity contribution < 1.29 is 9.90 Å². The zero-order valence-corrected chi connectivity index (χ0v) is 11.5. The smallest absolute Gasteiger partial charge is 0.356 e. The molecule has 1 N–H and O–H groups in total. The van der Waals surface area contributed by atoms with Crippen molar-refractivity contribution in [1.82, 2.24) is 9.97 Å². The largest absolute Gasteiger partial charge is 0.476 e. The Morgan fingerprint density at radius 2 is 1.84 bits per heavy atom. The first-order chi connectivity index (χ1) is 9.06. The molecule has 0 saturated carbocycles. The van der Waals surface area contributed by atoms with E-state index in [1.165, 1.54) is 29.7 Å². The average Bonchev–Trinajstić information content (AvgIpc) is 2.40. The third-order valence-electron chi connectivity index (χ3n) is 2.62. The lowest BCUT2D eigenvalue weighted by atomic mass is 10.0. The fourth-order valence-corrected chi connectivity index (χ4v) is 2.25. The number of hydrogen-bond donors (Lipinski definition) is 1. The summed E-state index contributed by atoms with van der Waals surface area (Å²) in [5.41, 5.74) is 1.25. The van der Waals surface area contributed by atoms with E-state index in [-0.39, 0.29) is 5.69 Å². The molecule has 0 bridgehead atoms. The van der Waals surface area contributed by atoms with Gasteiger partial charge < -0.3 is 5.11 Å². The second-order valence-electron chi connectivity index (χ2n) is 4.37. The summed E-state index contributed by atoms with van der Waals surface area (Å²) in [5, 5.41) is 9.42. The fourth-order valence-electron chi connectivity index (χ4n) is 1.52. The second kappa shape index (κ2) is 5.84. The van der Waals surface area contributed by atoms with Crippen molar-refractivity contribution in [3.05, 3.63) is 47.9 Å². The molecule has 0 fully saturated rings. The molecule has 0 saturated heterocycles. The zero-order chi connectivity index (χ0) is 13.8. The Balaban J connectivity index is 2.10. The lowest BCUT2D eigenvalue weighted by molar-refractivity contribution is 0.0689. The molecule has 5 heteroatoms. The Kier molecular flexibility index (Phi) is 4.16. The van der Waals surface area contributed by atoms with Crippen LogP contribution in [0.3, 0.4) is 0 Å². The van der Waals surface area contributed by atoms with Crippen LogP contribution in [0.5, 0.6) is 0 Å². The van der Waals surface area contributed by atoms with Crippen molar-refractivity contribution in [2.24, 2.45) is 0 Å². The molecule has 2 rings (SSSR count). The second-order valence-corrected chi connectivity index (χ2v) is 5.46. The van der Waals surface area contributed by atoms with Crippen LogP contribution in [0.15, 0.2) is 46.6 Å². The van der Waals surface area contributed by atoms with E-state index >= 15 is 0 Å². The molecular weight excluding hydrogens is 260 g/mol. The van der Waals surface area contributed by atoms with Gasteiger partial charge in [-0.2, -0.15) is 0 Å². The normalized spacial score (nSPS) is 10.7. The predicted octanol–water partition coefficient (Wildman–Crippen LogP) is 3.45. The van der Waals surface area contributed by atoms with Crippen molar-refractivity contribution in [3.8, 4) is 0 Å². The summed E-state index contributed by atoms with van der Waals surface area (Å²) in [4.78, 5) is 19.6. The molecule has 0 aliphatic rings. The summed E-state index contributed by atoms with van der Waals surface area (Å²) in [6, 6.07) is 8.25. The van der Waals surface area contributed by atoms with Crippen molar-refractivity contribution in [3.63, 3.8) is 0 Å². The van der Waals surface area contributed by atoms with Crippen LogP contribution in [0.25, 0.3) is 0 Å². The molecule has 0 amide bonds. The van der Waals surface area contributed by atoms with E-state index in [1.54, 1.807) is 0 Å². The maximum atomic E-state index is 10.7. The molecule has 2 aromatic rings. The van der Waals surface area contributed by atoms with Crippen LogP contribution in [0.4, 0.5) is 0 Å². The molecule has 4 nitrogen and oxygen atoms in total. The highest BCUT2D eigenvalue weighted by atomic mass is 32.2. The lowest BCUT2D eigenvalue weighted by Gasteiger charge is -2.06. The van der Waals surface area contributed by atoms with Gasteiger partial charge in [-0.05, 0) is 23.6 Å². The molecular formula is C14H14N2O2S. The summed E-state index contributed by atoms with van der Waals surface area (Å²) in [5.74, 6) is -0.556. The van der Waals surface area contributed by atoms with Gasteiger partial charge in [0.2, 0.25) is 0 Å². The third kappa shape index (κ3) is 3.54. The van der Waals surface area contributed by atoms with Crippen LogP contribution in [0.1, 0.15) is 35.8 Å². The maximum Gasteiger partial charge on any atom is 0.356 e. The molecule has 1 aromatic carbocycles. The molecule has 19 heavy (non-hydrogen) atoms. The van der Waals surface area contributed by atoms with E-state index in [4.69, 9.17) is 5.11 Å². The quantitative estimate of drug-likeness (QED) is 0.925. The van der Waals surface area contributed by atoms with E-state index in [1.807, 2.05) is 12.1 Å². The molecule has 0 spiro atoms. The average molecular weight is 274 g/mol. The number of benzene rings is 1. The Hall–Kier alpha value is -1.88. The minimum absolute atomic E-state index is 0.0421. The molecule has 98 valence electrons. The summed E-state index contributed by atoms with van der Waals surface area (Å²) in [7, 11) is 0. The van der Waals surface area contributed by atoms with E-state index in [0.717, 1.165) is 4.90 Å². The first kappa shape index (κ1) is 13.5. The number of carboxylic acid groups (broad SMARTS) is 1. The lowest BCUT2D eigenvalue weighted by Crippen LogP contribution is -2.00. The highest BCUT2D eigenvalue weighted by molar-refractivity contribution is 7.99. The van der Waals surface area contributed by atoms with Gasteiger partial charge in [-0.25, -0.2) is 14.8 Å². The van der Waals surface area contributed by atoms with E-state index in [2.05, 4.69) is 35.9 Å². The van der Waals surface area contributed by atoms with Crippen molar-refractivity contribution >= 4 is 17.7 Å². The van der Waals surface area contributed by atoms with Crippen LogP contribution in [-0.2, 0) is 0 Å². The van der Waals surface area contributed by atoms with Gasteiger partial charge in [-0.15, -0.1) is 0 Å². The van der Waals surface area contributed by atoms with E-state index in [9.17, 15) is 4.79 Å². The van der Waals surface area contributed by atoms with Crippen LogP contribution < -0.4 is 0 Å². The summed E-state index contributed by atoms with van der Waals surface area (Å²) >= 11 is 1.46. The van der Waals surface area contributed by atoms with Crippen LogP contribution in [0, 0.1) is 0 Å². The van der Waals surface area contributed by atoms with Crippen molar-refractivity contribution in [2.45, 2.75) is 29.7 Å². The standard InChI is InChI=1S/C14H14N2O2S/c1-9(2)10-3-5-11(6-4-10)19-13-8-15-12(7-16-13)14(17)18/h3-9H,1-2H3,(H,17,18). The van der Waals surface area contributed by atoms with Crippen LogP contribution in [-0.4, -0.2) is 21.0 Å². The number of hydrogen-bond acceptors (Lipinski definition) is 4. The first-order valence-corrected chi connectivity index (χ1v) is 6.71. The Labute approximate surface area is 115 Å².